The molecule has 9 heteroatoms. The fourth-order valence-corrected chi connectivity index (χ4v) is 4.00. The Morgan fingerprint density at radius 3 is 2.44 bits per heavy atom. The first-order chi connectivity index (χ1) is 12.9. The zero-order chi connectivity index (χ0) is 19.3. The van der Waals surface area contributed by atoms with Crippen LogP contribution in [0.2, 0.25) is 0 Å². The topological polar surface area (TPSA) is 97.3 Å². The third kappa shape index (κ3) is 5.61. The summed E-state index contributed by atoms with van der Waals surface area (Å²) in [5, 5.41) is 0. The Balaban J connectivity index is 1.69. The second-order valence-corrected chi connectivity index (χ2v) is 8.46. The van der Waals surface area contributed by atoms with Crippen molar-refractivity contribution in [3.05, 3.63) is 41.2 Å². The van der Waals surface area contributed by atoms with E-state index in [1.54, 1.807) is 0 Å². The molecule has 2 aromatic rings. The lowest BCUT2D eigenvalue weighted by atomic mass is 10.1. The lowest BCUT2D eigenvalue weighted by Crippen LogP contribution is -2.32. The number of nitrogens with zero attached hydrogens (tertiary/aromatic N) is 4. The van der Waals surface area contributed by atoms with Crippen molar-refractivity contribution in [2.75, 3.05) is 25.1 Å². The molecule has 27 heavy (non-hydrogen) atoms. The maximum absolute atomic E-state index is 12.4. The Labute approximate surface area is 160 Å². The molecule has 0 radical (unpaired) electrons. The Hall–Kier alpha value is -2.26. The highest BCUT2D eigenvalue weighted by Gasteiger charge is 2.18. The smallest absolute Gasteiger partial charge is 0.321 e. The maximum atomic E-state index is 12.4. The van der Waals surface area contributed by atoms with E-state index in [9.17, 15) is 8.42 Å². The number of aromatic nitrogens is 3. The Morgan fingerprint density at radius 1 is 1.07 bits per heavy atom. The molecule has 0 atom stereocenters. The molecular weight excluding hydrogens is 366 g/mol. The van der Waals surface area contributed by atoms with Gasteiger partial charge in [0.15, 0.2) is 5.82 Å². The molecule has 1 saturated heterocycles. The summed E-state index contributed by atoms with van der Waals surface area (Å²) >= 11 is 0. The van der Waals surface area contributed by atoms with Gasteiger partial charge in [0.05, 0.1) is 19.4 Å². The normalized spacial score (nSPS) is 15.0. The van der Waals surface area contributed by atoms with Gasteiger partial charge in [0.25, 0.3) is 0 Å². The molecule has 0 spiro atoms. The fourth-order valence-electron chi connectivity index (χ4n) is 2.92. The molecule has 0 unspecified atom stereocenters. The predicted octanol–water partition coefficient (Wildman–Crippen LogP) is 1.80. The molecule has 0 aliphatic carbocycles. The van der Waals surface area contributed by atoms with Crippen LogP contribution in [0, 0.1) is 6.92 Å². The summed E-state index contributed by atoms with van der Waals surface area (Å²) in [6.45, 7) is 3.72. The number of piperidine rings is 1. The third-order valence-electron chi connectivity index (χ3n) is 4.40. The van der Waals surface area contributed by atoms with Crippen LogP contribution in [-0.2, 0) is 22.3 Å². The molecule has 0 bridgehead atoms. The van der Waals surface area contributed by atoms with Gasteiger partial charge in [-0.05, 0) is 31.7 Å². The van der Waals surface area contributed by atoms with Crippen LogP contribution in [0.1, 0.15) is 36.2 Å². The highest BCUT2D eigenvalue weighted by Crippen LogP contribution is 2.18. The largest absolute Gasteiger partial charge is 0.467 e. The second-order valence-electron chi connectivity index (χ2n) is 6.65. The summed E-state index contributed by atoms with van der Waals surface area (Å²) in [4.78, 5) is 15.0. The van der Waals surface area contributed by atoms with Gasteiger partial charge in [0, 0.05) is 13.1 Å². The van der Waals surface area contributed by atoms with Crippen molar-refractivity contribution in [3.8, 4) is 6.01 Å². The molecule has 8 nitrogen and oxygen atoms in total. The average Bonchev–Trinajstić information content (AvgIpc) is 2.68. The molecule has 146 valence electrons. The van der Waals surface area contributed by atoms with Crippen LogP contribution >= 0.6 is 0 Å². The molecule has 3 rings (SSSR count). The van der Waals surface area contributed by atoms with Gasteiger partial charge in [-0.3, -0.25) is 0 Å². The van der Waals surface area contributed by atoms with Gasteiger partial charge in [-0.15, -0.1) is 0 Å². The van der Waals surface area contributed by atoms with E-state index in [-0.39, 0.29) is 18.3 Å². The number of aryl methyl sites for hydroxylation is 1. The number of rotatable bonds is 7. The van der Waals surface area contributed by atoms with E-state index in [1.165, 1.54) is 13.5 Å². The highest BCUT2D eigenvalue weighted by atomic mass is 32.2. The van der Waals surface area contributed by atoms with Crippen molar-refractivity contribution in [2.24, 2.45) is 0 Å². The zero-order valence-corrected chi connectivity index (χ0v) is 16.5. The summed E-state index contributed by atoms with van der Waals surface area (Å²) in [7, 11) is -2.02. The summed E-state index contributed by atoms with van der Waals surface area (Å²) in [5.74, 6) is 0.790. The van der Waals surface area contributed by atoms with Crippen molar-refractivity contribution in [1.82, 2.24) is 19.7 Å². The Bertz CT molecular complexity index is 865. The molecule has 1 N–H and O–H groups in total. The van der Waals surface area contributed by atoms with Crippen LogP contribution in [0.4, 0.5) is 5.95 Å². The van der Waals surface area contributed by atoms with Gasteiger partial charge in [-0.2, -0.15) is 15.0 Å². The molecule has 0 amide bonds. The molecule has 0 saturated carbocycles. The first-order valence-corrected chi connectivity index (χ1v) is 10.7. The Kier molecular flexibility index (Phi) is 6.22. The van der Waals surface area contributed by atoms with Crippen LogP contribution in [0.5, 0.6) is 6.01 Å². The van der Waals surface area contributed by atoms with Crippen LogP contribution < -0.4 is 14.4 Å². The minimum absolute atomic E-state index is 0.00604. The van der Waals surface area contributed by atoms with Crippen LogP contribution in [0.25, 0.3) is 0 Å². The molecule has 1 aliphatic rings. The summed E-state index contributed by atoms with van der Waals surface area (Å²) in [6.07, 6.45) is 3.38. The number of nitrogens with one attached hydrogen (secondary N) is 1. The lowest BCUT2D eigenvalue weighted by molar-refractivity contribution is 0.374. The quantitative estimate of drug-likeness (QED) is 0.768. The second kappa shape index (κ2) is 8.62. The van der Waals surface area contributed by atoms with Gasteiger partial charge in [-0.1, -0.05) is 29.8 Å². The first kappa shape index (κ1) is 19.5. The van der Waals surface area contributed by atoms with E-state index in [4.69, 9.17) is 4.74 Å². The Morgan fingerprint density at radius 2 is 1.78 bits per heavy atom. The van der Waals surface area contributed by atoms with Crippen molar-refractivity contribution < 1.29 is 13.2 Å². The predicted molar refractivity (Wildman–Crippen MR) is 103 cm³/mol. The number of methoxy groups -OCH3 is 1. The van der Waals surface area contributed by atoms with E-state index in [0.717, 1.165) is 37.1 Å². The summed E-state index contributed by atoms with van der Waals surface area (Å²) < 4.78 is 32.5. The van der Waals surface area contributed by atoms with E-state index >= 15 is 0 Å². The monoisotopic (exact) mass is 391 g/mol. The highest BCUT2D eigenvalue weighted by molar-refractivity contribution is 7.88. The molecule has 1 aromatic carbocycles. The minimum atomic E-state index is -3.51. The molecular formula is C18H25N5O3S. The van der Waals surface area contributed by atoms with Crippen molar-refractivity contribution >= 4 is 16.0 Å². The molecule has 1 aliphatic heterocycles. The number of anilines is 1. The molecule has 1 aromatic heterocycles. The average molecular weight is 391 g/mol. The van der Waals surface area contributed by atoms with E-state index in [2.05, 4.69) is 24.6 Å². The maximum Gasteiger partial charge on any atom is 0.321 e. The van der Waals surface area contributed by atoms with E-state index in [1.807, 2.05) is 31.2 Å². The third-order valence-corrected chi connectivity index (χ3v) is 5.70. The first-order valence-electron chi connectivity index (χ1n) is 9.02. The fraction of sp³-hybridized carbons (Fsp3) is 0.500. The van der Waals surface area contributed by atoms with Gasteiger partial charge in [0.1, 0.15) is 0 Å². The van der Waals surface area contributed by atoms with E-state index < -0.39 is 10.0 Å². The number of hydrogen-bond acceptors (Lipinski definition) is 7. The van der Waals surface area contributed by atoms with Crippen molar-refractivity contribution in [3.63, 3.8) is 0 Å². The molecule has 1 fully saturated rings. The van der Waals surface area contributed by atoms with Gasteiger partial charge >= 0.3 is 6.01 Å². The van der Waals surface area contributed by atoms with E-state index in [0.29, 0.717) is 11.8 Å². The van der Waals surface area contributed by atoms with Gasteiger partial charge in [0.2, 0.25) is 16.0 Å². The van der Waals surface area contributed by atoms with Crippen LogP contribution in [0.3, 0.4) is 0 Å². The number of hydrogen-bond donors (Lipinski definition) is 1. The zero-order valence-electron chi connectivity index (χ0n) is 15.7. The SMILES string of the molecule is COc1nc(CNS(=O)(=O)Cc2ccc(C)cc2)nc(N2CCCCC2)n1. The van der Waals surface area contributed by atoms with Crippen molar-refractivity contribution in [2.45, 2.75) is 38.5 Å². The molecule has 2 heterocycles. The van der Waals surface area contributed by atoms with Gasteiger partial charge in [-0.25, -0.2) is 13.1 Å². The van der Waals surface area contributed by atoms with Gasteiger partial charge < -0.3 is 9.64 Å². The standard InChI is InChI=1S/C18H25N5O3S/c1-14-6-8-15(9-7-14)13-27(24,25)19-12-16-20-17(22-18(21-16)26-2)23-10-4-3-5-11-23/h6-9,19H,3-5,10-13H2,1-2H3. The lowest BCUT2D eigenvalue weighted by Gasteiger charge is -2.26. The number of ether oxygens (including phenoxy) is 1. The number of sulfonamides is 1. The number of benzene rings is 1. The minimum Gasteiger partial charge on any atom is -0.467 e. The summed E-state index contributed by atoms with van der Waals surface area (Å²) in [6, 6.07) is 7.61. The summed E-state index contributed by atoms with van der Waals surface area (Å²) in [5.41, 5.74) is 1.82. The van der Waals surface area contributed by atoms with Crippen LogP contribution in [0.15, 0.2) is 24.3 Å². The van der Waals surface area contributed by atoms with Crippen LogP contribution in [-0.4, -0.2) is 43.6 Å². The van der Waals surface area contributed by atoms with Crippen molar-refractivity contribution in [1.29, 1.82) is 0 Å².